The van der Waals surface area contributed by atoms with Crippen LogP contribution in [0.2, 0.25) is 0 Å². The van der Waals surface area contributed by atoms with Crippen molar-refractivity contribution in [3.63, 3.8) is 0 Å². The molecule has 0 spiro atoms. The van der Waals surface area contributed by atoms with Crippen LogP contribution in [-0.2, 0) is 9.84 Å². The van der Waals surface area contributed by atoms with Crippen molar-refractivity contribution in [3.05, 3.63) is 70.7 Å². The molecule has 0 N–H and O–H groups in total. The van der Waals surface area contributed by atoms with Crippen molar-refractivity contribution >= 4 is 29.3 Å². The zero-order chi connectivity index (χ0) is 15.3. The van der Waals surface area contributed by atoms with Crippen molar-refractivity contribution in [1.29, 1.82) is 0 Å². The van der Waals surface area contributed by atoms with Crippen molar-refractivity contribution in [3.8, 4) is 0 Å². The van der Waals surface area contributed by atoms with Crippen LogP contribution in [0, 0.1) is 0 Å². The molecular weight excluding hydrogens is 347 g/mol. The molecule has 0 unspecified atom stereocenters. The summed E-state index contributed by atoms with van der Waals surface area (Å²) in [6.45, 7) is 3.97. The molecular formula is C17H18O2SSe. The first-order valence-electron chi connectivity index (χ1n) is 6.66. The van der Waals surface area contributed by atoms with Gasteiger partial charge in [0.1, 0.15) is 0 Å². The number of benzene rings is 2. The summed E-state index contributed by atoms with van der Waals surface area (Å²) in [6.07, 6.45) is 0. The van der Waals surface area contributed by atoms with E-state index < -0.39 is 9.84 Å². The summed E-state index contributed by atoms with van der Waals surface area (Å²) < 4.78 is 27.3. The van der Waals surface area contributed by atoms with Gasteiger partial charge >= 0.3 is 133 Å². The SMILES string of the molecule is CC(C)=C(CS(=O)(=O)c1ccccc1)[Se]c1ccccc1. The molecule has 0 aromatic heterocycles. The fourth-order valence-corrected chi connectivity index (χ4v) is 6.21. The molecule has 0 radical (unpaired) electrons. The van der Waals surface area contributed by atoms with Crippen molar-refractivity contribution < 1.29 is 8.42 Å². The van der Waals surface area contributed by atoms with Crippen LogP contribution in [0.5, 0.6) is 0 Å². The van der Waals surface area contributed by atoms with Crippen LogP contribution in [0.3, 0.4) is 0 Å². The van der Waals surface area contributed by atoms with Crippen LogP contribution in [0.25, 0.3) is 0 Å². The molecule has 2 aromatic carbocycles. The molecule has 2 aromatic rings. The fraction of sp³-hybridized carbons (Fsp3) is 0.176. The zero-order valence-corrected chi connectivity index (χ0v) is 14.6. The molecule has 4 heteroatoms. The third-order valence-corrected chi connectivity index (χ3v) is 7.78. The average Bonchev–Trinajstić information content (AvgIpc) is 2.48. The van der Waals surface area contributed by atoms with Crippen LogP contribution in [0.15, 0.2) is 75.6 Å². The maximum absolute atomic E-state index is 12.5. The van der Waals surface area contributed by atoms with Gasteiger partial charge in [-0.05, 0) is 0 Å². The summed E-state index contributed by atoms with van der Waals surface area (Å²) in [4.78, 5) is 0.396. The van der Waals surface area contributed by atoms with Crippen LogP contribution in [-0.4, -0.2) is 29.1 Å². The van der Waals surface area contributed by atoms with Gasteiger partial charge in [0.25, 0.3) is 0 Å². The Labute approximate surface area is 133 Å². The van der Waals surface area contributed by atoms with E-state index in [-0.39, 0.29) is 20.7 Å². The quantitative estimate of drug-likeness (QED) is 0.764. The van der Waals surface area contributed by atoms with Gasteiger partial charge in [0.2, 0.25) is 0 Å². The molecule has 0 aliphatic rings. The topological polar surface area (TPSA) is 34.1 Å². The molecule has 0 aliphatic heterocycles. The van der Waals surface area contributed by atoms with Gasteiger partial charge in [-0.25, -0.2) is 0 Å². The normalized spacial score (nSPS) is 11.1. The van der Waals surface area contributed by atoms with Gasteiger partial charge in [-0.1, -0.05) is 0 Å². The Hall–Kier alpha value is -1.35. The molecule has 0 aliphatic carbocycles. The fourth-order valence-electron chi connectivity index (χ4n) is 1.79. The van der Waals surface area contributed by atoms with E-state index in [9.17, 15) is 8.42 Å². The van der Waals surface area contributed by atoms with Gasteiger partial charge in [0.15, 0.2) is 0 Å². The molecule has 0 heterocycles. The summed E-state index contributed by atoms with van der Waals surface area (Å²) >= 11 is 0.0436. The van der Waals surface area contributed by atoms with Crippen LogP contribution < -0.4 is 4.46 Å². The van der Waals surface area contributed by atoms with Gasteiger partial charge in [-0.2, -0.15) is 0 Å². The van der Waals surface area contributed by atoms with Crippen molar-refractivity contribution in [2.45, 2.75) is 18.7 Å². The Morgan fingerprint density at radius 3 is 1.95 bits per heavy atom. The van der Waals surface area contributed by atoms with Crippen molar-refractivity contribution in [2.75, 3.05) is 5.75 Å². The minimum absolute atomic E-state index is 0.0436. The molecule has 0 fully saturated rings. The Bertz CT molecular complexity index is 716. The second-order valence-corrected chi connectivity index (χ2v) is 9.35. The second kappa shape index (κ2) is 7.08. The summed E-state index contributed by atoms with van der Waals surface area (Å²) in [5.41, 5.74) is 1.10. The van der Waals surface area contributed by atoms with E-state index in [1.807, 2.05) is 38.1 Å². The molecule has 0 atom stereocenters. The van der Waals surface area contributed by atoms with Crippen LogP contribution in [0.1, 0.15) is 13.8 Å². The van der Waals surface area contributed by atoms with E-state index in [4.69, 9.17) is 0 Å². The molecule has 21 heavy (non-hydrogen) atoms. The van der Waals surface area contributed by atoms with Gasteiger partial charge in [-0.15, -0.1) is 0 Å². The van der Waals surface area contributed by atoms with Crippen molar-refractivity contribution in [2.24, 2.45) is 0 Å². The molecule has 0 saturated carbocycles. The predicted molar refractivity (Wildman–Crippen MR) is 88.7 cm³/mol. The number of hydrogen-bond acceptors (Lipinski definition) is 2. The van der Waals surface area contributed by atoms with Gasteiger partial charge in [0.05, 0.1) is 0 Å². The van der Waals surface area contributed by atoms with E-state index >= 15 is 0 Å². The second-order valence-electron chi connectivity index (χ2n) is 4.91. The maximum atomic E-state index is 12.5. The van der Waals surface area contributed by atoms with Gasteiger partial charge in [-0.3, -0.25) is 0 Å². The zero-order valence-electron chi connectivity index (χ0n) is 12.1. The third-order valence-electron chi connectivity index (χ3n) is 2.97. The standard InChI is InChI=1S/C17H18O2SSe/c1-14(2)17(21-16-11-7-4-8-12-16)13-20(18,19)15-9-5-3-6-10-15/h3-12H,13H2,1-2H3. The first kappa shape index (κ1) is 16.0. The number of sulfone groups is 1. The third kappa shape index (κ3) is 4.57. The average molecular weight is 365 g/mol. The van der Waals surface area contributed by atoms with Gasteiger partial charge in [0, 0.05) is 0 Å². The summed E-state index contributed by atoms with van der Waals surface area (Å²) in [5.74, 6) is 0.105. The first-order valence-corrected chi connectivity index (χ1v) is 10.0. The number of rotatable bonds is 5. The summed E-state index contributed by atoms with van der Waals surface area (Å²) in [5, 5.41) is 0. The Morgan fingerprint density at radius 2 is 1.43 bits per heavy atom. The van der Waals surface area contributed by atoms with E-state index in [1.165, 1.54) is 4.46 Å². The first-order chi connectivity index (χ1) is 9.99. The van der Waals surface area contributed by atoms with E-state index in [0.29, 0.717) is 4.90 Å². The summed E-state index contributed by atoms with van der Waals surface area (Å²) in [6, 6.07) is 18.7. The van der Waals surface area contributed by atoms with E-state index in [1.54, 1.807) is 24.3 Å². The van der Waals surface area contributed by atoms with Gasteiger partial charge < -0.3 is 0 Å². The van der Waals surface area contributed by atoms with E-state index in [0.717, 1.165) is 10.0 Å². The van der Waals surface area contributed by atoms with Crippen LogP contribution in [0.4, 0.5) is 0 Å². The molecule has 0 bridgehead atoms. The van der Waals surface area contributed by atoms with Crippen LogP contribution >= 0.6 is 0 Å². The molecule has 2 rings (SSSR count). The van der Waals surface area contributed by atoms with E-state index in [2.05, 4.69) is 12.1 Å². The number of allylic oxidation sites excluding steroid dienone is 1. The Kier molecular flexibility index (Phi) is 5.40. The van der Waals surface area contributed by atoms with Crippen molar-refractivity contribution in [1.82, 2.24) is 0 Å². The molecule has 2 nitrogen and oxygen atoms in total. The minimum atomic E-state index is -3.27. The molecule has 0 saturated heterocycles. The Balaban J connectivity index is 2.24. The molecule has 110 valence electrons. The predicted octanol–water partition coefficient (Wildman–Crippen LogP) is 2.78. The Morgan fingerprint density at radius 1 is 0.905 bits per heavy atom. The monoisotopic (exact) mass is 366 g/mol. The number of hydrogen-bond donors (Lipinski definition) is 0. The summed E-state index contributed by atoms with van der Waals surface area (Å²) in [7, 11) is -3.27. The molecule has 0 amide bonds.